The van der Waals surface area contributed by atoms with Crippen LogP contribution in [0.4, 0.5) is 5.69 Å². The molecule has 1 aromatic carbocycles. The maximum atomic E-state index is 12.1. The summed E-state index contributed by atoms with van der Waals surface area (Å²) in [6.45, 7) is 4.02. The Balaban J connectivity index is 2.09. The van der Waals surface area contributed by atoms with Crippen LogP contribution in [0.2, 0.25) is 0 Å². The van der Waals surface area contributed by atoms with E-state index in [1.807, 2.05) is 32.0 Å². The van der Waals surface area contributed by atoms with Gasteiger partial charge in [0.15, 0.2) is 0 Å². The quantitative estimate of drug-likeness (QED) is 0.918. The average Bonchev–Trinajstić information content (AvgIpc) is 2.88. The highest BCUT2D eigenvalue weighted by Crippen LogP contribution is 2.20. The summed E-state index contributed by atoms with van der Waals surface area (Å²) in [6.07, 6.45) is 1.65. The zero-order valence-corrected chi connectivity index (χ0v) is 13.8. The van der Waals surface area contributed by atoms with Gasteiger partial charge in [-0.25, -0.2) is 0 Å². The van der Waals surface area contributed by atoms with Gasteiger partial charge in [-0.1, -0.05) is 37.3 Å². The lowest BCUT2D eigenvalue weighted by Gasteiger charge is -2.05. The Kier molecular flexibility index (Phi) is 5.19. The van der Waals surface area contributed by atoms with Crippen molar-refractivity contribution < 1.29 is 9.00 Å². The molecule has 0 radical (unpaired) electrons. The first-order chi connectivity index (χ1) is 9.95. The molecule has 1 heterocycles. The predicted octanol–water partition coefficient (Wildman–Crippen LogP) is 2.79. The zero-order chi connectivity index (χ0) is 15.4. The summed E-state index contributed by atoms with van der Waals surface area (Å²) in [5, 5.41) is 11.9. The number of rotatable bonds is 5. The molecule has 0 aliphatic heterocycles. The highest BCUT2D eigenvalue weighted by atomic mass is 32.2. The van der Waals surface area contributed by atoms with Gasteiger partial charge in [0.2, 0.25) is 5.01 Å². The smallest absolute Gasteiger partial charge is 0.286 e. The fraction of sp³-hybridized carbons (Fsp3) is 0.357. The summed E-state index contributed by atoms with van der Waals surface area (Å²) >= 11 is 1.30. The summed E-state index contributed by atoms with van der Waals surface area (Å²) in [5.41, 5.74) is 1.60. The largest absolute Gasteiger partial charge is 0.320 e. The summed E-state index contributed by atoms with van der Waals surface area (Å²) < 4.78 is 11.2. The number of anilines is 1. The zero-order valence-electron chi connectivity index (χ0n) is 12.1. The van der Waals surface area contributed by atoms with Crippen molar-refractivity contribution in [3.63, 3.8) is 0 Å². The molecule has 21 heavy (non-hydrogen) atoms. The van der Waals surface area contributed by atoms with Gasteiger partial charge in [-0.3, -0.25) is 9.00 Å². The Morgan fingerprint density at radius 3 is 2.76 bits per heavy atom. The molecule has 1 atom stereocenters. The fourth-order valence-corrected chi connectivity index (χ4v) is 3.11. The highest BCUT2D eigenvalue weighted by Gasteiger charge is 2.14. The molecule has 1 amide bonds. The monoisotopic (exact) mass is 323 g/mol. The van der Waals surface area contributed by atoms with E-state index >= 15 is 0 Å². The molecule has 0 saturated carbocycles. The lowest BCUT2D eigenvalue weighted by molar-refractivity contribution is 0.102. The summed E-state index contributed by atoms with van der Waals surface area (Å²) in [4.78, 5) is 12.1. The molecule has 1 N–H and O–H groups in total. The average molecular weight is 323 g/mol. The minimum absolute atomic E-state index is 0.256. The molecular weight excluding hydrogens is 306 g/mol. The molecule has 0 bridgehead atoms. The topological polar surface area (TPSA) is 72.0 Å². The molecule has 0 aliphatic rings. The van der Waals surface area contributed by atoms with E-state index in [1.54, 1.807) is 12.3 Å². The van der Waals surface area contributed by atoms with Gasteiger partial charge in [0.05, 0.1) is 0 Å². The molecule has 0 saturated heterocycles. The first-order valence-electron chi connectivity index (χ1n) is 6.49. The Morgan fingerprint density at radius 1 is 1.38 bits per heavy atom. The molecule has 0 spiro atoms. The third-order valence-corrected chi connectivity index (χ3v) is 4.65. The first kappa shape index (κ1) is 15.8. The van der Waals surface area contributed by atoms with Crippen LogP contribution in [-0.2, 0) is 16.6 Å². The molecule has 0 fully saturated rings. The van der Waals surface area contributed by atoms with Gasteiger partial charge in [-0.15, -0.1) is 10.2 Å². The first-order valence-corrected chi connectivity index (χ1v) is 9.04. The maximum absolute atomic E-state index is 12.1. The Labute approximate surface area is 130 Å². The second-order valence-electron chi connectivity index (χ2n) is 4.97. The number of aromatic nitrogens is 2. The SMILES string of the molecule is CC(C)c1nnc(C(=O)Nc2cccc(C[S@](C)=O)c2)s1. The van der Waals surface area contributed by atoms with Crippen LogP contribution >= 0.6 is 11.3 Å². The Hall–Kier alpha value is -1.60. The van der Waals surface area contributed by atoms with Crippen molar-refractivity contribution in [3.8, 4) is 0 Å². The lowest BCUT2D eigenvalue weighted by Crippen LogP contribution is -2.11. The van der Waals surface area contributed by atoms with Crippen LogP contribution in [0, 0.1) is 0 Å². The summed E-state index contributed by atoms with van der Waals surface area (Å²) in [7, 11) is -0.908. The number of carbonyl (C=O) groups excluding carboxylic acids is 1. The van der Waals surface area contributed by atoms with Gasteiger partial charge in [-0.05, 0) is 17.7 Å². The van der Waals surface area contributed by atoms with Crippen LogP contribution in [0.25, 0.3) is 0 Å². The van der Waals surface area contributed by atoms with Crippen molar-refractivity contribution in [3.05, 3.63) is 39.8 Å². The van der Waals surface area contributed by atoms with Crippen LogP contribution in [0.15, 0.2) is 24.3 Å². The number of amides is 1. The minimum atomic E-state index is -0.908. The second-order valence-corrected chi connectivity index (χ2v) is 7.42. The third kappa shape index (κ3) is 4.44. The molecule has 0 aliphatic carbocycles. The Morgan fingerprint density at radius 2 is 2.14 bits per heavy atom. The van der Waals surface area contributed by atoms with E-state index in [0.29, 0.717) is 16.4 Å². The predicted molar refractivity (Wildman–Crippen MR) is 86.2 cm³/mol. The van der Waals surface area contributed by atoms with E-state index < -0.39 is 10.8 Å². The van der Waals surface area contributed by atoms with Crippen molar-refractivity contribution >= 4 is 33.7 Å². The minimum Gasteiger partial charge on any atom is -0.320 e. The van der Waals surface area contributed by atoms with Crippen LogP contribution in [0.1, 0.15) is 40.1 Å². The summed E-state index contributed by atoms with van der Waals surface area (Å²) in [6, 6.07) is 7.34. The van der Waals surface area contributed by atoms with Crippen LogP contribution in [0.5, 0.6) is 0 Å². The molecule has 0 unspecified atom stereocenters. The molecule has 1 aromatic heterocycles. The van der Waals surface area contributed by atoms with E-state index in [9.17, 15) is 9.00 Å². The van der Waals surface area contributed by atoms with Crippen molar-refractivity contribution in [2.45, 2.75) is 25.5 Å². The molecule has 2 aromatic rings. The molecule has 2 rings (SSSR count). The van der Waals surface area contributed by atoms with Gasteiger partial charge in [-0.2, -0.15) is 0 Å². The number of nitrogens with zero attached hydrogens (tertiary/aromatic N) is 2. The normalized spacial score (nSPS) is 12.4. The third-order valence-electron chi connectivity index (χ3n) is 2.68. The number of benzene rings is 1. The van der Waals surface area contributed by atoms with E-state index in [-0.39, 0.29) is 11.8 Å². The van der Waals surface area contributed by atoms with E-state index in [1.165, 1.54) is 11.3 Å². The van der Waals surface area contributed by atoms with Crippen LogP contribution < -0.4 is 5.32 Å². The standard InChI is InChI=1S/C14H17N3O2S2/c1-9(2)13-16-17-14(20-13)12(18)15-11-6-4-5-10(7-11)8-21(3)19/h4-7,9H,8H2,1-3H3,(H,15,18)/t21-/m0/s1. The molecular formula is C14H17N3O2S2. The van der Waals surface area contributed by atoms with Crippen LogP contribution in [-0.4, -0.2) is 26.6 Å². The van der Waals surface area contributed by atoms with Gasteiger partial charge in [0, 0.05) is 34.4 Å². The van der Waals surface area contributed by atoms with Crippen molar-refractivity contribution in [2.24, 2.45) is 0 Å². The van der Waals surface area contributed by atoms with Crippen LogP contribution in [0.3, 0.4) is 0 Å². The molecule has 112 valence electrons. The van der Waals surface area contributed by atoms with Gasteiger partial charge < -0.3 is 5.32 Å². The molecule has 7 heteroatoms. The van der Waals surface area contributed by atoms with E-state index in [0.717, 1.165) is 10.6 Å². The number of nitrogens with one attached hydrogen (secondary N) is 1. The lowest BCUT2D eigenvalue weighted by atomic mass is 10.2. The highest BCUT2D eigenvalue weighted by molar-refractivity contribution is 7.83. The van der Waals surface area contributed by atoms with Gasteiger partial charge in [0.1, 0.15) is 5.01 Å². The van der Waals surface area contributed by atoms with Crippen molar-refractivity contribution in [2.75, 3.05) is 11.6 Å². The van der Waals surface area contributed by atoms with E-state index in [4.69, 9.17) is 0 Å². The number of hydrogen-bond acceptors (Lipinski definition) is 5. The van der Waals surface area contributed by atoms with Gasteiger partial charge in [0.25, 0.3) is 5.91 Å². The number of hydrogen-bond donors (Lipinski definition) is 1. The van der Waals surface area contributed by atoms with Gasteiger partial charge >= 0.3 is 0 Å². The van der Waals surface area contributed by atoms with E-state index in [2.05, 4.69) is 15.5 Å². The molecule has 5 nitrogen and oxygen atoms in total. The fourth-order valence-electron chi connectivity index (χ4n) is 1.72. The maximum Gasteiger partial charge on any atom is 0.286 e. The summed E-state index contributed by atoms with van der Waals surface area (Å²) in [5.74, 6) is 0.459. The Bertz CT molecular complexity index is 668. The second kappa shape index (κ2) is 6.91. The van der Waals surface area contributed by atoms with Crippen molar-refractivity contribution in [1.82, 2.24) is 10.2 Å². The van der Waals surface area contributed by atoms with Crippen molar-refractivity contribution in [1.29, 1.82) is 0 Å². The number of carbonyl (C=O) groups is 1.